The molecule has 0 radical (unpaired) electrons. The fourth-order valence-electron chi connectivity index (χ4n) is 5.81. The first-order chi connectivity index (χ1) is 19.8. The minimum absolute atomic E-state index is 0.773. The third kappa shape index (κ3) is 2.84. The van der Waals surface area contributed by atoms with Gasteiger partial charge in [0.05, 0.1) is 38.6 Å². The number of benzene rings is 1. The molecule has 40 heavy (non-hydrogen) atoms. The van der Waals surface area contributed by atoms with E-state index < -0.39 is 0 Å². The maximum atomic E-state index is 5.05. The van der Waals surface area contributed by atoms with Crippen LogP contribution in [0.2, 0.25) is 0 Å². The van der Waals surface area contributed by atoms with Crippen LogP contribution >= 0.6 is 0 Å². The summed E-state index contributed by atoms with van der Waals surface area (Å²) >= 11 is 0. The molecule has 0 saturated carbocycles. The number of rotatable bonds is 2. The maximum absolute atomic E-state index is 5.05. The maximum Gasteiger partial charge on any atom is 0.138 e. The topological polar surface area (TPSA) is 87.2 Å². The molecule has 0 saturated heterocycles. The average molecular weight is 515 g/mol. The van der Waals surface area contributed by atoms with Crippen LogP contribution in [0.4, 0.5) is 0 Å². The predicted octanol–water partition coefficient (Wildman–Crippen LogP) is 6.56. The van der Waals surface area contributed by atoms with Crippen molar-refractivity contribution in [3.05, 3.63) is 110 Å². The Labute approximate surface area is 226 Å². The van der Waals surface area contributed by atoms with E-state index in [0.29, 0.717) is 0 Å². The van der Waals surface area contributed by atoms with Crippen molar-refractivity contribution >= 4 is 65.9 Å². The van der Waals surface area contributed by atoms with Gasteiger partial charge in [-0.05, 0) is 66.7 Å². The first-order valence-corrected chi connectivity index (χ1v) is 13.0. The molecular formula is C32H18N8. The number of nitrogens with zero attached hydrogens (tertiary/aromatic N) is 8. The van der Waals surface area contributed by atoms with Gasteiger partial charge < -0.3 is 0 Å². The van der Waals surface area contributed by atoms with Crippen LogP contribution in [0.15, 0.2) is 110 Å². The molecule has 8 nitrogen and oxygen atoms in total. The van der Waals surface area contributed by atoms with Crippen molar-refractivity contribution in [1.82, 2.24) is 39.0 Å². The van der Waals surface area contributed by atoms with Gasteiger partial charge in [0.25, 0.3) is 0 Å². The summed E-state index contributed by atoms with van der Waals surface area (Å²) in [4.78, 5) is 28.8. The van der Waals surface area contributed by atoms with Crippen molar-refractivity contribution < 1.29 is 0 Å². The average Bonchev–Trinajstić information content (AvgIpc) is 3.54. The van der Waals surface area contributed by atoms with Gasteiger partial charge in [-0.1, -0.05) is 18.2 Å². The molecule has 9 rings (SSSR count). The van der Waals surface area contributed by atoms with Crippen molar-refractivity contribution in [3.8, 4) is 11.6 Å². The van der Waals surface area contributed by atoms with Crippen LogP contribution < -0.4 is 0 Å². The fourth-order valence-corrected chi connectivity index (χ4v) is 5.81. The van der Waals surface area contributed by atoms with Crippen LogP contribution in [-0.4, -0.2) is 39.0 Å². The second-order valence-corrected chi connectivity index (χ2v) is 9.70. The number of hydrogen-bond acceptors (Lipinski definition) is 6. The Bertz CT molecular complexity index is 2280. The quantitative estimate of drug-likeness (QED) is 0.260. The van der Waals surface area contributed by atoms with E-state index >= 15 is 0 Å². The van der Waals surface area contributed by atoms with Crippen LogP contribution in [0.1, 0.15) is 0 Å². The lowest BCUT2D eigenvalue weighted by atomic mass is 10.2. The van der Waals surface area contributed by atoms with Gasteiger partial charge in [0.15, 0.2) is 0 Å². The lowest BCUT2D eigenvalue weighted by molar-refractivity contribution is 1.07. The molecule has 9 aromatic rings. The summed E-state index contributed by atoms with van der Waals surface area (Å²) in [6.07, 6.45) is 7.33. The Balaban J connectivity index is 1.51. The summed E-state index contributed by atoms with van der Waals surface area (Å²) in [5, 5.41) is 2.13. The van der Waals surface area contributed by atoms with Crippen LogP contribution in [0.5, 0.6) is 0 Å². The van der Waals surface area contributed by atoms with Crippen molar-refractivity contribution in [1.29, 1.82) is 0 Å². The fraction of sp³-hybridized carbons (Fsp3) is 0. The Morgan fingerprint density at radius 2 is 1.05 bits per heavy atom. The standard InChI is InChI=1S/C32H18N8/c1-2-9-25-19(6-1)20-18-36-30-29-26(10-5-17-35-29)40(28-14-12-22-24(38-28)8-4-16-34-22)32(30)31(20)39(25)27-13-11-21-23(37-27)7-3-15-33-21/h1-18H. The Hall–Kier alpha value is -5.76. The van der Waals surface area contributed by atoms with E-state index in [2.05, 4.69) is 49.4 Å². The summed E-state index contributed by atoms with van der Waals surface area (Å²) in [5.41, 5.74) is 8.87. The first kappa shape index (κ1) is 21.2. The lowest BCUT2D eigenvalue weighted by Gasteiger charge is -2.11. The Morgan fingerprint density at radius 1 is 0.425 bits per heavy atom. The summed E-state index contributed by atoms with van der Waals surface area (Å²) in [6.45, 7) is 0. The smallest absolute Gasteiger partial charge is 0.138 e. The second kappa shape index (κ2) is 7.87. The van der Waals surface area contributed by atoms with E-state index in [0.717, 1.165) is 77.6 Å². The monoisotopic (exact) mass is 514 g/mol. The van der Waals surface area contributed by atoms with Gasteiger partial charge in [-0.3, -0.25) is 29.1 Å². The summed E-state index contributed by atoms with van der Waals surface area (Å²) in [5.74, 6) is 1.58. The van der Waals surface area contributed by atoms with Crippen molar-refractivity contribution in [2.45, 2.75) is 0 Å². The van der Waals surface area contributed by atoms with Gasteiger partial charge in [-0.2, -0.15) is 0 Å². The van der Waals surface area contributed by atoms with Gasteiger partial charge in [0, 0.05) is 35.6 Å². The van der Waals surface area contributed by atoms with Gasteiger partial charge >= 0.3 is 0 Å². The molecule has 0 aliphatic rings. The van der Waals surface area contributed by atoms with E-state index in [1.807, 2.05) is 67.0 Å². The lowest BCUT2D eigenvalue weighted by Crippen LogP contribution is -2.02. The minimum atomic E-state index is 0.773. The van der Waals surface area contributed by atoms with E-state index in [9.17, 15) is 0 Å². The van der Waals surface area contributed by atoms with E-state index in [4.69, 9.17) is 19.9 Å². The van der Waals surface area contributed by atoms with Gasteiger partial charge in [0.2, 0.25) is 0 Å². The van der Waals surface area contributed by atoms with Crippen molar-refractivity contribution in [3.63, 3.8) is 0 Å². The Morgan fingerprint density at radius 3 is 1.80 bits per heavy atom. The molecule has 8 heteroatoms. The zero-order valence-corrected chi connectivity index (χ0v) is 21.0. The van der Waals surface area contributed by atoms with Crippen LogP contribution in [0, 0.1) is 0 Å². The van der Waals surface area contributed by atoms with E-state index in [-0.39, 0.29) is 0 Å². The highest BCUT2D eigenvalue weighted by Crippen LogP contribution is 2.39. The zero-order chi connectivity index (χ0) is 26.2. The predicted molar refractivity (Wildman–Crippen MR) is 157 cm³/mol. The molecular weight excluding hydrogens is 496 g/mol. The highest BCUT2D eigenvalue weighted by Gasteiger charge is 2.23. The van der Waals surface area contributed by atoms with Crippen LogP contribution in [0.25, 0.3) is 77.6 Å². The molecule has 8 aromatic heterocycles. The normalized spacial score (nSPS) is 12.0. The van der Waals surface area contributed by atoms with Gasteiger partial charge in [0.1, 0.15) is 28.2 Å². The third-order valence-electron chi connectivity index (χ3n) is 7.50. The van der Waals surface area contributed by atoms with E-state index in [1.54, 1.807) is 12.4 Å². The van der Waals surface area contributed by atoms with Crippen molar-refractivity contribution in [2.75, 3.05) is 0 Å². The van der Waals surface area contributed by atoms with Crippen LogP contribution in [-0.2, 0) is 0 Å². The van der Waals surface area contributed by atoms with E-state index in [1.165, 1.54) is 0 Å². The zero-order valence-electron chi connectivity index (χ0n) is 21.0. The van der Waals surface area contributed by atoms with Crippen LogP contribution in [0.3, 0.4) is 0 Å². The molecule has 186 valence electrons. The molecule has 0 amide bonds. The van der Waals surface area contributed by atoms with Gasteiger partial charge in [-0.15, -0.1) is 0 Å². The molecule has 8 heterocycles. The molecule has 0 spiro atoms. The molecule has 0 aliphatic carbocycles. The third-order valence-corrected chi connectivity index (χ3v) is 7.50. The summed E-state index contributed by atoms with van der Waals surface area (Å²) < 4.78 is 4.39. The first-order valence-electron chi connectivity index (χ1n) is 13.0. The molecule has 0 fully saturated rings. The number of hydrogen-bond donors (Lipinski definition) is 0. The molecule has 0 atom stereocenters. The number of para-hydroxylation sites is 1. The second-order valence-electron chi connectivity index (χ2n) is 9.70. The minimum Gasteiger partial charge on any atom is -0.291 e. The largest absolute Gasteiger partial charge is 0.291 e. The van der Waals surface area contributed by atoms with Crippen molar-refractivity contribution in [2.24, 2.45) is 0 Å². The molecule has 1 aromatic carbocycles. The Kier molecular flexibility index (Phi) is 4.17. The van der Waals surface area contributed by atoms with Gasteiger partial charge in [-0.25, -0.2) is 9.97 Å². The SMILES string of the molecule is c1cnc2ccc(-n3c4ccccc4c4cnc5c6ncccc6n(-c6ccc7ncccc7n6)c5c43)nc2c1. The summed E-state index contributed by atoms with van der Waals surface area (Å²) in [6, 6.07) is 28.2. The number of aromatic nitrogens is 8. The highest BCUT2D eigenvalue weighted by molar-refractivity contribution is 6.21. The molecule has 0 aliphatic heterocycles. The number of pyridine rings is 6. The molecule has 0 N–H and O–H groups in total. The molecule has 0 unspecified atom stereocenters. The highest BCUT2D eigenvalue weighted by atomic mass is 15.1. The number of fused-ring (bicyclic) bond motifs is 9. The molecule has 0 bridgehead atoms. The summed E-state index contributed by atoms with van der Waals surface area (Å²) in [7, 11) is 0.